The number of halogens is 1. The molecule has 0 saturated carbocycles. The summed E-state index contributed by atoms with van der Waals surface area (Å²) in [5, 5.41) is 13.6. The fourth-order valence-corrected chi connectivity index (χ4v) is 4.79. The minimum atomic E-state index is -3.16. The summed E-state index contributed by atoms with van der Waals surface area (Å²) in [6, 6.07) is 6.29. The summed E-state index contributed by atoms with van der Waals surface area (Å²) in [5.74, 6) is 0.536. The van der Waals surface area contributed by atoms with Crippen LogP contribution in [0.1, 0.15) is 24.6 Å². The predicted octanol–water partition coefficient (Wildman–Crippen LogP) is 2.13. The van der Waals surface area contributed by atoms with Crippen LogP contribution in [0.2, 0.25) is 0 Å². The predicted molar refractivity (Wildman–Crippen MR) is 92.4 cm³/mol. The summed E-state index contributed by atoms with van der Waals surface area (Å²) in [5.41, 5.74) is 0.702. The van der Waals surface area contributed by atoms with Crippen LogP contribution in [0.25, 0.3) is 15.5 Å². The van der Waals surface area contributed by atoms with Gasteiger partial charge in [0.05, 0.1) is 6.26 Å². The monoisotopic (exact) mass is 381 g/mol. The van der Waals surface area contributed by atoms with Crippen LogP contribution in [-0.2, 0) is 10.0 Å². The Morgan fingerprint density at radius 1 is 1.24 bits per heavy atom. The summed E-state index contributed by atoms with van der Waals surface area (Å²) in [4.78, 5) is 0.653. The minimum absolute atomic E-state index is 0.107. The lowest BCUT2D eigenvalue weighted by molar-refractivity contribution is 0.313. The van der Waals surface area contributed by atoms with E-state index in [1.165, 1.54) is 34.0 Å². The zero-order valence-electron chi connectivity index (χ0n) is 13.5. The summed E-state index contributed by atoms with van der Waals surface area (Å²) in [6.45, 7) is 0.943. The molecule has 4 rings (SSSR count). The zero-order valence-corrected chi connectivity index (χ0v) is 15.1. The molecule has 25 heavy (non-hydrogen) atoms. The molecule has 0 atom stereocenters. The molecule has 0 aliphatic carbocycles. The van der Waals surface area contributed by atoms with E-state index in [0.717, 1.165) is 5.82 Å². The maximum Gasteiger partial charge on any atom is 0.234 e. The van der Waals surface area contributed by atoms with Gasteiger partial charge in [0.1, 0.15) is 10.8 Å². The summed E-state index contributed by atoms with van der Waals surface area (Å²) in [6.07, 6.45) is 2.59. The van der Waals surface area contributed by atoms with E-state index in [0.29, 0.717) is 41.5 Å². The SMILES string of the molecule is CS(=O)(=O)N1CCC(c2nnc3sc(-c4cccc(F)c4)nn23)CC1. The molecule has 10 heteroatoms. The van der Waals surface area contributed by atoms with Crippen molar-refractivity contribution in [2.24, 2.45) is 0 Å². The highest BCUT2D eigenvalue weighted by molar-refractivity contribution is 7.88. The molecule has 0 radical (unpaired) electrons. The Hall–Kier alpha value is -1.91. The van der Waals surface area contributed by atoms with Gasteiger partial charge in [-0.1, -0.05) is 23.5 Å². The van der Waals surface area contributed by atoms with Crippen molar-refractivity contribution >= 4 is 26.3 Å². The molecule has 1 saturated heterocycles. The second-order valence-electron chi connectivity index (χ2n) is 6.11. The molecule has 0 bridgehead atoms. The minimum Gasteiger partial charge on any atom is -0.213 e. The van der Waals surface area contributed by atoms with E-state index in [9.17, 15) is 12.8 Å². The van der Waals surface area contributed by atoms with Gasteiger partial charge < -0.3 is 0 Å². The van der Waals surface area contributed by atoms with E-state index in [2.05, 4.69) is 15.3 Å². The van der Waals surface area contributed by atoms with Crippen molar-refractivity contribution in [1.29, 1.82) is 0 Å². The number of fused-ring (bicyclic) bond motifs is 1. The van der Waals surface area contributed by atoms with E-state index in [4.69, 9.17) is 0 Å². The summed E-state index contributed by atoms with van der Waals surface area (Å²) in [7, 11) is -3.16. The van der Waals surface area contributed by atoms with Crippen molar-refractivity contribution in [2.75, 3.05) is 19.3 Å². The molecular formula is C15H16FN5O2S2. The van der Waals surface area contributed by atoms with E-state index in [-0.39, 0.29) is 11.7 Å². The molecule has 132 valence electrons. The van der Waals surface area contributed by atoms with Crippen LogP contribution in [0.3, 0.4) is 0 Å². The molecule has 7 nitrogen and oxygen atoms in total. The Morgan fingerprint density at radius 3 is 2.68 bits per heavy atom. The van der Waals surface area contributed by atoms with Gasteiger partial charge in [0.25, 0.3) is 0 Å². The highest BCUT2D eigenvalue weighted by Gasteiger charge is 2.29. The van der Waals surface area contributed by atoms with Gasteiger partial charge in [0.2, 0.25) is 15.0 Å². The molecule has 0 unspecified atom stereocenters. The van der Waals surface area contributed by atoms with Crippen molar-refractivity contribution in [3.05, 3.63) is 35.9 Å². The van der Waals surface area contributed by atoms with Gasteiger partial charge in [-0.3, -0.25) is 0 Å². The molecule has 3 aromatic rings. The molecule has 1 aliphatic rings. The fraction of sp³-hybridized carbons (Fsp3) is 0.400. The number of sulfonamides is 1. The van der Waals surface area contributed by atoms with Crippen molar-refractivity contribution in [3.8, 4) is 10.6 Å². The second-order valence-corrected chi connectivity index (χ2v) is 9.04. The van der Waals surface area contributed by atoms with Gasteiger partial charge in [-0.25, -0.2) is 17.1 Å². The average Bonchev–Trinajstić information content (AvgIpc) is 3.14. The summed E-state index contributed by atoms with van der Waals surface area (Å²) < 4.78 is 39.9. The van der Waals surface area contributed by atoms with Gasteiger partial charge in [-0.15, -0.1) is 10.2 Å². The van der Waals surface area contributed by atoms with Crippen LogP contribution in [0.5, 0.6) is 0 Å². The largest absolute Gasteiger partial charge is 0.234 e. The molecule has 2 aromatic heterocycles. The van der Waals surface area contributed by atoms with Crippen molar-refractivity contribution < 1.29 is 12.8 Å². The van der Waals surface area contributed by atoms with Crippen LogP contribution in [-0.4, -0.2) is 51.9 Å². The summed E-state index contributed by atoms with van der Waals surface area (Å²) >= 11 is 1.35. The first kappa shape index (κ1) is 16.6. The first-order valence-corrected chi connectivity index (χ1v) is 10.5. The Kier molecular flexibility index (Phi) is 4.05. The van der Waals surface area contributed by atoms with Crippen molar-refractivity contribution in [1.82, 2.24) is 24.1 Å². The molecule has 0 spiro atoms. The number of nitrogens with zero attached hydrogens (tertiary/aromatic N) is 5. The third-order valence-electron chi connectivity index (χ3n) is 4.37. The Morgan fingerprint density at radius 2 is 2.00 bits per heavy atom. The molecule has 1 aliphatic heterocycles. The number of aromatic nitrogens is 4. The molecule has 1 fully saturated rings. The molecule has 0 N–H and O–H groups in total. The van der Waals surface area contributed by atoms with E-state index < -0.39 is 10.0 Å². The average molecular weight is 381 g/mol. The Bertz CT molecular complexity index is 1020. The second kappa shape index (κ2) is 6.11. The number of hydrogen-bond acceptors (Lipinski definition) is 6. The molecule has 1 aromatic carbocycles. The number of piperidine rings is 1. The molecule has 0 amide bonds. The first-order chi connectivity index (χ1) is 11.9. The maximum absolute atomic E-state index is 13.4. The van der Waals surface area contributed by atoms with Gasteiger partial charge >= 0.3 is 0 Å². The fourth-order valence-electron chi connectivity index (χ4n) is 3.07. The Labute approximate surface area is 148 Å². The van der Waals surface area contributed by atoms with Gasteiger partial charge in [0, 0.05) is 24.6 Å². The smallest absolute Gasteiger partial charge is 0.213 e. The lowest BCUT2D eigenvalue weighted by atomic mass is 9.97. The quantitative estimate of drug-likeness (QED) is 0.694. The third-order valence-corrected chi connectivity index (χ3v) is 6.63. The van der Waals surface area contributed by atoms with Crippen LogP contribution in [0, 0.1) is 5.82 Å². The lowest BCUT2D eigenvalue weighted by Crippen LogP contribution is -2.37. The number of rotatable bonds is 3. The highest BCUT2D eigenvalue weighted by Crippen LogP contribution is 2.31. The van der Waals surface area contributed by atoms with Gasteiger partial charge in [-0.2, -0.15) is 9.61 Å². The number of benzene rings is 1. The first-order valence-electron chi connectivity index (χ1n) is 7.85. The van der Waals surface area contributed by atoms with Crippen LogP contribution in [0.15, 0.2) is 24.3 Å². The van der Waals surface area contributed by atoms with Crippen molar-refractivity contribution in [2.45, 2.75) is 18.8 Å². The van der Waals surface area contributed by atoms with Gasteiger partial charge in [0.15, 0.2) is 5.82 Å². The topological polar surface area (TPSA) is 80.5 Å². The van der Waals surface area contributed by atoms with Crippen molar-refractivity contribution in [3.63, 3.8) is 0 Å². The van der Waals surface area contributed by atoms with Crippen LogP contribution >= 0.6 is 11.3 Å². The van der Waals surface area contributed by atoms with E-state index >= 15 is 0 Å². The highest BCUT2D eigenvalue weighted by atomic mass is 32.2. The Balaban J connectivity index is 1.62. The van der Waals surface area contributed by atoms with E-state index in [1.54, 1.807) is 16.6 Å². The number of hydrogen-bond donors (Lipinski definition) is 0. The van der Waals surface area contributed by atoms with E-state index in [1.807, 2.05) is 0 Å². The van der Waals surface area contributed by atoms with Crippen LogP contribution in [0.4, 0.5) is 4.39 Å². The van der Waals surface area contributed by atoms with Gasteiger partial charge in [-0.05, 0) is 25.0 Å². The zero-order chi connectivity index (χ0) is 17.6. The lowest BCUT2D eigenvalue weighted by Gasteiger charge is -2.28. The van der Waals surface area contributed by atoms with Crippen LogP contribution < -0.4 is 0 Å². The normalized spacial score (nSPS) is 17.4. The molecule has 3 heterocycles. The maximum atomic E-state index is 13.4. The third kappa shape index (κ3) is 3.16. The molecular weight excluding hydrogens is 365 g/mol. The standard InChI is InChI=1S/C15H16FN5O2S2/c1-25(22,23)20-7-5-10(6-8-20)13-17-18-15-21(13)19-14(24-15)11-3-2-4-12(16)9-11/h2-4,9-10H,5-8H2,1H3.